The summed E-state index contributed by atoms with van der Waals surface area (Å²) >= 11 is 0. The topological polar surface area (TPSA) is 87.1 Å². The van der Waals surface area contributed by atoms with E-state index in [0.29, 0.717) is 45.5 Å². The van der Waals surface area contributed by atoms with Crippen LogP contribution in [0.15, 0.2) is 0 Å². The number of carbonyl (C=O) groups is 2. The lowest BCUT2D eigenvalue weighted by atomic mass is 10.1. The van der Waals surface area contributed by atoms with E-state index >= 15 is 0 Å². The fourth-order valence-electron chi connectivity index (χ4n) is 2.87. The molecule has 2 N–H and O–H groups in total. The molecule has 0 bridgehead atoms. The number of esters is 1. The molecule has 0 fully saturated rings. The zero-order valence-corrected chi connectivity index (χ0v) is 16.6. The second kappa shape index (κ2) is 18.6. The molecule has 0 rings (SSSR count). The van der Waals surface area contributed by atoms with Crippen LogP contribution in [0.5, 0.6) is 0 Å². The van der Waals surface area contributed by atoms with Crippen molar-refractivity contribution in [2.45, 2.75) is 84.0 Å². The van der Waals surface area contributed by atoms with Crippen LogP contribution in [0.25, 0.3) is 0 Å². The second-order valence-electron chi connectivity index (χ2n) is 6.86. The molecule has 26 heavy (non-hydrogen) atoms. The quantitative estimate of drug-likeness (QED) is 0.266. The third-order valence-corrected chi connectivity index (χ3v) is 4.40. The molecule has 0 aromatic rings. The van der Waals surface area contributed by atoms with Gasteiger partial charge in [0.2, 0.25) is 0 Å². The molecule has 6 nitrogen and oxygen atoms in total. The van der Waals surface area contributed by atoms with Crippen molar-refractivity contribution >= 4 is 11.9 Å². The molecule has 0 atom stereocenters. The Hall–Kier alpha value is -1.14. The minimum Gasteiger partial charge on any atom is -0.481 e. The molecule has 154 valence electrons. The Morgan fingerprint density at radius 2 is 1.38 bits per heavy atom. The van der Waals surface area contributed by atoms with E-state index in [0.717, 1.165) is 12.8 Å². The highest BCUT2D eigenvalue weighted by Gasteiger charge is 2.08. The molecule has 0 heterocycles. The number of unbranched alkanes of at least 4 members (excludes halogenated alkanes) is 7. The lowest BCUT2D eigenvalue weighted by Gasteiger charge is -2.20. The standard InChI is InChI=1S/C20H39NO5/c1-2-3-4-5-6-7-8-9-18-26-20(25)13-11-15-21(16-17-22)14-10-12-19(23)24/h22H,2-18H2,1H3,(H,23,24). The predicted molar refractivity (Wildman–Crippen MR) is 103 cm³/mol. The van der Waals surface area contributed by atoms with Crippen LogP contribution in [0.1, 0.15) is 84.0 Å². The maximum absolute atomic E-state index is 11.7. The van der Waals surface area contributed by atoms with Crippen LogP contribution < -0.4 is 0 Å². The Morgan fingerprint density at radius 1 is 0.808 bits per heavy atom. The highest BCUT2D eigenvalue weighted by atomic mass is 16.5. The zero-order chi connectivity index (χ0) is 19.5. The molecule has 0 saturated heterocycles. The van der Waals surface area contributed by atoms with Crippen molar-refractivity contribution in [3.63, 3.8) is 0 Å². The molecule has 0 aliphatic heterocycles. The van der Waals surface area contributed by atoms with Gasteiger partial charge in [-0.1, -0.05) is 51.9 Å². The van der Waals surface area contributed by atoms with Crippen molar-refractivity contribution in [3.05, 3.63) is 0 Å². The number of ether oxygens (including phenoxy) is 1. The summed E-state index contributed by atoms with van der Waals surface area (Å²) in [6.45, 7) is 4.57. The van der Waals surface area contributed by atoms with Crippen molar-refractivity contribution in [3.8, 4) is 0 Å². The Balaban J connectivity index is 3.56. The predicted octanol–water partition coefficient (Wildman–Crippen LogP) is 3.61. The number of rotatable bonds is 19. The maximum atomic E-state index is 11.7. The molecular formula is C20H39NO5. The number of carboxylic acids is 1. The largest absolute Gasteiger partial charge is 0.481 e. The van der Waals surface area contributed by atoms with Crippen LogP contribution in [-0.2, 0) is 14.3 Å². The maximum Gasteiger partial charge on any atom is 0.305 e. The molecule has 0 aliphatic carbocycles. The molecule has 0 unspecified atom stereocenters. The Labute approximate surface area is 158 Å². The first kappa shape index (κ1) is 24.9. The summed E-state index contributed by atoms with van der Waals surface area (Å²) in [5, 5.41) is 17.7. The number of aliphatic hydroxyl groups is 1. The van der Waals surface area contributed by atoms with Crippen LogP contribution >= 0.6 is 0 Å². The summed E-state index contributed by atoms with van der Waals surface area (Å²) in [6, 6.07) is 0. The number of carboxylic acid groups (broad SMARTS) is 1. The first-order valence-corrected chi connectivity index (χ1v) is 10.3. The van der Waals surface area contributed by atoms with E-state index in [1.54, 1.807) is 0 Å². The summed E-state index contributed by atoms with van der Waals surface area (Å²) in [6.07, 6.45) is 11.5. The van der Waals surface area contributed by atoms with E-state index in [1.165, 1.54) is 38.5 Å². The number of hydrogen-bond acceptors (Lipinski definition) is 5. The number of nitrogens with zero attached hydrogens (tertiary/aromatic N) is 1. The van der Waals surface area contributed by atoms with Crippen molar-refractivity contribution in [1.82, 2.24) is 4.90 Å². The van der Waals surface area contributed by atoms with Gasteiger partial charge in [-0.25, -0.2) is 0 Å². The van der Waals surface area contributed by atoms with Gasteiger partial charge < -0.3 is 19.8 Å². The van der Waals surface area contributed by atoms with Gasteiger partial charge in [0.1, 0.15) is 0 Å². The van der Waals surface area contributed by atoms with Gasteiger partial charge in [0.25, 0.3) is 0 Å². The van der Waals surface area contributed by atoms with Crippen LogP contribution in [-0.4, -0.2) is 59.9 Å². The van der Waals surface area contributed by atoms with Gasteiger partial charge in [-0.15, -0.1) is 0 Å². The Bertz CT molecular complexity index is 349. The molecule has 0 aliphatic rings. The second-order valence-corrected chi connectivity index (χ2v) is 6.86. The van der Waals surface area contributed by atoms with Gasteiger partial charge in [-0.3, -0.25) is 9.59 Å². The summed E-state index contributed by atoms with van der Waals surface area (Å²) in [4.78, 5) is 24.3. The van der Waals surface area contributed by atoms with Crippen LogP contribution in [0.4, 0.5) is 0 Å². The Kier molecular flexibility index (Phi) is 17.8. The van der Waals surface area contributed by atoms with Crippen molar-refractivity contribution in [2.24, 2.45) is 0 Å². The van der Waals surface area contributed by atoms with E-state index in [4.69, 9.17) is 14.9 Å². The minimum absolute atomic E-state index is 0.0377. The lowest BCUT2D eigenvalue weighted by Crippen LogP contribution is -2.30. The number of carbonyl (C=O) groups excluding carboxylic acids is 1. The Morgan fingerprint density at radius 3 is 1.96 bits per heavy atom. The number of hydrogen-bond donors (Lipinski definition) is 2. The van der Waals surface area contributed by atoms with E-state index < -0.39 is 5.97 Å². The van der Waals surface area contributed by atoms with Crippen molar-refractivity contribution in [1.29, 1.82) is 0 Å². The van der Waals surface area contributed by atoms with E-state index in [-0.39, 0.29) is 19.0 Å². The summed E-state index contributed by atoms with van der Waals surface area (Å²) in [5.74, 6) is -0.971. The van der Waals surface area contributed by atoms with E-state index in [2.05, 4.69) is 6.92 Å². The van der Waals surface area contributed by atoms with Gasteiger partial charge in [-0.2, -0.15) is 0 Å². The number of aliphatic hydroxyl groups excluding tert-OH is 1. The SMILES string of the molecule is CCCCCCCCCCOC(=O)CCCN(CCO)CCCC(=O)O. The highest BCUT2D eigenvalue weighted by Crippen LogP contribution is 2.08. The van der Waals surface area contributed by atoms with Gasteiger partial charge in [0, 0.05) is 19.4 Å². The van der Waals surface area contributed by atoms with E-state index in [9.17, 15) is 9.59 Å². The van der Waals surface area contributed by atoms with Crippen LogP contribution in [0, 0.1) is 0 Å². The average Bonchev–Trinajstić information content (AvgIpc) is 2.60. The summed E-state index contributed by atoms with van der Waals surface area (Å²) in [7, 11) is 0. The van der Waals surface area contributed by atoms with Gasteiger partial charge >= 0.3 is 11.9 Å². The van der Waals surface area contributed by atoms with Gasteiger partial charge in [0.15, 0.2) is 0 Å². The van der Waals surface area contributed by atoms with Gasteiger partial charge in [-0.05, 0) is 32.4 Å². The molecule has 0 aromatic heterocycles. The van der Waals surface area contributed by atoms with Crippen LogP contribution in [0.3, 0.4) is 0 Å². The van der Waals surface area contributed by atoms with E-state index in [1.807, 2.05) is 4.90 Å². The fourth-order valence-corrected chi connectivity index (χ4v) is 2.87. The average molecular weight is 374 g/mol. The first-order chi connectivity index (χ1) is 12.6. The molecule has 0 amide bonds. The molecule has 0 aromatic carbocycles. The fraction of sp³-hybridized carbons (Fsp3) is 0.900. The molecule has 0 spiro atoms. The zero-order valence-electron chi connectivity index (χ0n) is 16.6. The van der Waals surface area contributed by atoms with Crippen molar-refractivity contribution < 1.29 is 24.5 Å². The first-order valence-electron chi connectivity index (χ1n) is 10.3. The third kappa shape index (κ3) is 17.7. The normalized spacial score (nSPS) is 11.0. The highest BCUT2D eigenvalue weighted by molar-refractivity contribution is 5.69. The van der Waals surface area contributed by atoms with Crippen molar-refractivity contribution in [2.75, 3.05) is 32.8 Å². The minimum atomic E-state index is -0.807. The van der Waals surface area contributed by atoms with Gasteiger partial charge in [0.05, 0.1) is 13.2 Å². The monoisotopic (exact) mass is 373 g/mol. The molecule has 6 heteroatoms. The summed E-state index contributed by atoms with van der Waals surface area (Å²) < 4.78 is 5.26. The third-order valence-electron chi connectivity index (χ3n) is 4.40. The number of aliphatic carboxylic acids is 1. The summed E-state index contributed by atoms with van der Waals surface area (Å²) in [5.41, 5.74) is 0. The molecular weight excluding hydrogens is 334 g/mol. The smallest absolute Gasteiger partial charge is 0.305 e. The molecule has 0 saturated carbocycles. The lowest BCUT2D eigenvalue weighted by molar-refractivity contribution is -0.144. The molecule has 0 radical (unpaired) electrons. The van der Waals surface area contributed by atoms with Crippen LogP contribution in [0.2, 0.25) is 0 Å².